The van der Waals surface area contributed by atoms with Crippen molar-refractivity contribution in [3.63, 3.8) is 0 Å². The first-order chi connectivity index (χ1) is 4.06. The Hall–Kier alpha value is 1.75. The van der Waals surface area contributed by atoms with E-state index in [9.17, 15) is 9.46 Å². The van der Waals surface area contributed by atoms with Crippen LogP contribution in [0.5, 0.6) is 0 Å². The quantitative estimate of drug-likeness (QED) is 0.298. The third-order valence-corrected chi connectivity index (χ3v) is 1.26. The molecule has 0 rings (SSSR count). The maximum atomic E-state index is 9.87. The summed E-state index contributed by atoms with van der Waals surface area (Å²) in [7, 11) is -4.45. The van der Waals surface area contributed by atoms with Gasteiger partial charge >= 0.3 is 51.4 Å². The van der Waals surface area contributed by atoms with Crippen LogP contribution in [0.3, 0.4) is 0 Å². The number of hydrogen-bond donors (Lipinski definition) is 1. The van der Waals surface area contributed by atoms with Crippen LogP contribution in [-0.4, -0.2) is 11.5 Å². The summed E-state index contributed by atoms with van der Waals surface area (Å²) in [6, 6.07) is 0. The Bertz CT molecular complexity index is 112. The van der Waals surface area contributed by atoms with Gasteiger partial charge in [-0.15, -0.1) is 0 Å². The molecule has 0 amide bonds. The van der Waals surface area contributed by atoms with Crippen LogP contribution in [-0.2, 0) is 9.09 Å². The van der Waals surface area contributed by atoms with Gasteiger partial charge in [-0.25, -0.2) is 0 Å². The van der Waals surface area contributed by atoms with Gasteiger partial charge in [0.1, 0.15) is 0 Å². The van der Waals surface area contributed by atoms with Gasteiger partial charge in [0.2, 0.25) is 0 Å². The van der Waals surface area contributed by atoms with E-state index in [0.717, 1.165) is 6.42 Å². The topological polar surface area (TPSA) is 69.6 Å². The van der Waals surface area contributed by atoms with Gasteiger partial charge in [0.15, 0.2) is 0 Å². The second-order valence-corrected chi connectivity index (χ2v) is 2.85. The van der Waals surface area contributed by atoms with Gasteiger partial charge in [-0.2, -0.15) is 0 Å². The Morgan fingerprint density at radius 3 is 2.50 bits per heavy atom. The van der Waals surface area contributed by atoms with Gasteiger partial charge in [-0.3, -0.25) is 4.57 Å². The van der Waals surface area contributed by atoms with Gasteiger partial charge in [-0.1, -0.05) is 13.3 Å². The number of rotatable bonds is 4. The Kier molecular flexibility index (Phi) is 10.6. The maximum Gasteiger partial charge on any atom is 1.00 e. The second-order valence-electron chi connectivity index (χ2n) is 1.66. The molecule has 1 unspecified atom stereocenters. The molecule has 0 aromatic carbocycles. The van der Waals surface area contributed by atoms with Gasteiger partial charge < -0.3 is 14.3 Å². The summed E-state index contributed by atoms with van der Waals surface area (Å²) < 4.78 is 13.9. The number of phosphoric ester groups is 1. The Morgan fingerprint density at radius 1 is 1.70 bits per heavy atom. The van der Waals surface area contributed by atoms with Crippen molar-refractivity contribution in [2.45, 2.75) is 19.8 Å². The summed E-state index contributed by atoms with van der Waals surface area (Å²) in [5.74, 6) is 0. The number of hydrogen-bond acceptors (Lipinski definition) is 3. The maximum absolute atomic E-state index is 9.87. The Labute approximate surface area is 103 Å². The van der Waals surface area contributed by atoms with Crippen molar-refractivity contribution in [3.05, 3.63) is 0 Å². The first-order valence-electron chi connectivity index (χ1n) is 2.74. The predicted octanol–water partition coefficient (Wildman–Crippen LogP) is -2.73. The molecule has 6 heteroatoms. The first-order valence-corrected chi connectivity index (χ1v) is 4.24. The Balaban J connectivity index is 0. The molecule has 0 heterocycles. The minimum atomic E-state index is -4.45. The summed E-state index contributed by atoms with van der Waals surface area (Å²) >= 11 is 0. The molecular weight excluding hydrogens is 182 g/mol. The molecule has 1 atom stereocenters. The van der Waals surface area contributed by atoms with E-state index in [2.05, 4.69) is 4.52 Å². The molecule has 0 saturated carbocycles. The third kappa shape index (κ3) is 12.4. The molecule has 4 nitrogen and oxygen atoms in total. The zero-order valence-corrected chi connectivity index (χ0v) is 10.3. The van der Waals surface area contributed by atoms with Gasteiger partial charge in [0, 0.05) is 0 Å². The minimum Gasteiger partial charge on any atom is -0.756 e. The van der Waals surface area contributed by atoms with E-state index in [0.29, 0.717) is 6.42 Å². The molecule has 0 aliphatic carbocycles. The average Bonchev–Trinajstić information content (AvgIpc) is 1.63. The van der Waals surface area contributed by atoms with Crippen molar-refractivity contribution in [3.8, 4) is 0 Å². The fourth-order valence-corrected chi connectivity index (χ4v) is 0.684. The first kappa shape index (κ1) is 14.3. The predicted molar refractivity (Wildman–Crippen MR) is 30.7 cm³/mol. The monoisotopic (exact) mass is 192 g/mol. The molecular formula is C4H10KO4P. The van der Waals surface area contributed by atoms with Gasteiger partial charge in [-0.05, 0) is 6.42 Å². The van der Waals surface area contributed by atoms with E-state index in [1.165, 1.54) is 0 Å². The van der Waals surface area contributed by atoms with Crippen molar-refractivity contribution in [1.82, 2.24) is 0 Å². The van der Waals surface area contributed by atoms with Crippen LogP contribution in [0, 0.1) is 0 Å². The van der Waals surface area contributed by atoms with E-state index in [1.54, 1.807) is 0 Å². The molecule has 0 radical (unpaired) electrons. The van der Waals surface area contributed by atoms with E-state index in [-0.39, 0.29) is 58.0 Å². The summed E-state index contributed by atoms with van der Waals surface area (Å²) in [5.41, 5.74) is 0. The van der Waals surface area contributed by atoms with Crippen LogP contribution in [0.25, 0.3) is 0 Å². The molecule has 0 aliphatic rings. The van der Waals surface area contributed by atoms with Crippen LogP contribution in [0.1, 0.15) is 19.8 Å². The van der Waals surface area contributed by atoms with Crippen molar-refractivity contribution >= 4 is 7.82 Å². The molecule has 0 aromatic heterocycles. The molecule has 0 bridgehead atoms. The molecule has 0 spiro atoms. The van der Waals surface area contributed by atoms with E-state index in [4.69, 9.17) is 4.89 Å². The van der Waals surface area contributed by atoms with Gasteiger partial charge in [0.25, 0.3) is 7.82 Å². The molecule has 0 fully saturated rings. The number of unbranched alkanes of at least 4 members (excludes halogenated alkanes) is 1. The van der Waals surface area contributed by atoms with E-state index < -0.39 is 7.82 Å². The number of phosphoric acid groups is 1. The zero-order chi connectivity index (χ0) is 7.33. The van der Waals surface area contributed by atoms with Crippen LogP contribution in [0.4, 0.5) is 0 Å². The normalized spacial score (nSPS) is 15.5. The fourth-order valence-electron chi connectivity index (χ4n) is 0.324. The van der Waals surface area contributed by atoms with Crippen LogP contribution in [0.15, 0.2) is 0 Å². The molecule has 10 heavy (non-hydrogen) atoms. The summed E-state index contributed by atoms with van der Waals surface area (Å²) in [4.78, 5) is 17.9. The molecule has 0 aromatic rings. The van der Waals surface area contributed by atoms with Crippen molar-refractivity contribution in [2.75, 3.05) is 6.61 Å². The summed E-state index contributed by atoms with van der Waals surface area (Å²) in [5, 5.41) is 0. The third-order valence-electron chi connectivity index (χ3n) is 0.752. The van der Waals surface area contributed by atoms with Crippen LogP contribution < -0.4 is 56.3 Å². The van der Waals surface area contributed by atoms with Gasteiger partial charge in [0.05, 0.1) is 6.61 Å². The second kappa shape index (κ2) is 7.40. The summed E-state index contributed by atoms with van der Waals surface area (Å²) in [6.07, 6.45) is 1.49. The van der Waals surface area contributed by atoms with Crippen molar-refractivity contribution < 1.29 is 70.3 Å². The van der Waals surface area contributed by atoms with E-state index >= 15 is 0 Å². The van der Waals surface area contributed by atoms with Crippen molar-refractivity contribution in [2.24, 2.45) is 0 Å². The van der Waals surface area contributed by atoms with E-state index in [1.807, 2.05) is 6.92 Å². The average molecular weight is 192 g/mol. The molecule has 1 N–H and O–H groups in total. The molecule has 0 aliphatic heterocycles. The molecule has 0 saturated heterocycles. The summed E-state index contributed by atoms with van der Waals surface area (Å²) in [6.45, 7) is 1.98. The standard InChI is InChI=1S/C4H11O4P.K/c1-2-3-4-8-9(5,6)7;/h2-4H2,1H3,(H2,5,6,7);/q;+1/p-1. The fraction of sp³-hybridized carbons (Fsp3) is 1.00. The smallest absolute Gasteiger partial charge is 0.756 e. The minimum absolute atomic E-state index is 0. The van der Waals surface area contributed by atoms with Crippen LogP contribution >= 0.6 is 7.82 Å². The molecule has 56 valence electrons. The zero-order valence-electron chi connectivity index (χ0n) is 6.24. The van der Waals surface area contributed by atoms with Crippen molar-refractivity contribution in [1.29, 1.82) is 0 Å². The largest absolute Gasteiger partial charge is 1.00 e. The van der Waals surface area contributed by atoms with Crippen LogP contribution in [0.2, 0.25) is 0 Å². The Morgan fingerprint density at radius 2 is 2.20 bits per heavy atom. The SMILES string of the molecule is CCCCOP(=O)([O-])O.[K+].